The lowest BCUT2D eigenvalue weighted by atomic mass is 10.1. The van der Waals surface area contributed by atoms with Crippen molar-refractivity contribution in [1.82, 2.24) is 4.98 Å². The van der Waals surface area contributed by atoms with Crippen LogP contribution in [0.15, 0.2) is 47.5 Å². The van der Waals surface area contributed by atoms with E-state index >= 15 is 0 Å². The van der Waals surface area contributed by atoms with Gasteiger partial charge in [0, 0.05) is 22.7 Å². The monoisotopic (exact) mass is 451 g/mol. The molecular weight excluding hydrogens is 430 g/mol. The Morgan fingerprint density at radius 3 is 2.59 bits per heavy atom. The van der Waals surface area contributed by atoms with Gasteiger partial charge >= 0.3 is 0 Å². The van der Waals surface area contributed by atoms with E-state index in [1.807, 2.05) is 41.8 Å². The van der Waals surface area contributed by atoms with Gasteiger partial charge in [0.05, 0.1) is 32.0 Å². The fourth-order valence-corrected chi connectivity index (χ4v) is 4.64. The first-order valence-electron chi connectivity index (χ1n) is 9.95. The number of amidine groups is 1. The molecule has 0 bridgehead atoms. The summed E-state index contributed by atoms with van der Waals surface area (Å²) in [5, 5.41) is 21.9. The molecule has 3 heterocycles. The molecule has 2 aliphatic heterocycles. The van der Waals surface area contributed by atoms with E-state index in [0.29, 0.717) is 46.8 Å². The molecule has 0 fully saturated rings. The SMILES string of the molecule is COc1ccc(-c2csc(C3=C(O)CN(c4ccc5c(c4)OCCO5)C3=N)n2)cc1OC. The van der Waals surface area contributed by atoms with Gasteiger partial charge in [-0.2, -0.15) is 0 Å². The van der Waals surface area contributed by atoms with E-state index in [1.165, 1.54) is 11.3 Å². The van der Waals surface area contributed by atoms with Crippen LogP contribution < -0.4 is 23.8 Å². The normalized spacial score (nSPS) is 15.3. The first-order chi connectivity index (χ1) is 15.6. The van der Waals surface area contributed by atoms with Crippen molar-refractivity contribution in [1.29, 1.82) is 5.41 Å². The lowest BCUT2D eigenvalue weighted by molar-refractivity contribution is 0.171. The van der Waals surface area contributed by atoms with Crippen molar-refractivity contribution in [3.63, 3.8) is 0 Å². The minimum absolute atomic E-state index is 0.109. The predicted molar refractivity (Wildman–Crippen MR) is 123 cm³/mol. The number of aliphatic hydroxyl groups excluding tert-OH is 1. The molecule has 0 amide bonds. The largest absolute Gasteiger partial charge is 0.510 e. The molecule has 0 unspecified atom stereocenters. The first-order valence-corrected chi connectivity index (χ1v) is 10.8. The van der Waals surface area contributed by atoms with E-state index in [9.17, 15) is 5.11 Å². The highest BCUT2D eigenvalue weighted by atomic mass is 32.1. The maximum absolute atomic E-state index is 10.7. The molecule has 164 valence electrons. The summed E-state index contributed by atoms with van der Waals surface area (Å²) in [6, 6.07) is 11.1. The molecule has 0 aliphatic carbocycles. The molecule has 2 N–H and O–H groups in total. The van der Waals surface area contributed by atoms with Crippen LogP contribution in [0.1, 0.15) is 5.01 Å². The van der Waals surface area contributed by atoms with Crippen molar-refractivity contribution in [2.24, 2.45) is 0 Å². The summed E-state index contributed by atoms with van der Waals surface area (Å²) in [5.74, 6) is 2.87. The summed E-state index contributed by atoms with van der Waals surface area (Å²) in [6.45, 7) is 1.20. The summed E-state index contributed by atoms with van der Waals surface area (Å²) in [4.78, 5) is 6.41. The summed E-state index contributed by atoms with van der Waals surface area (Å²) >= 11 is 1.38. The first kappa shape index (κ1) is 20.2. The number of anilines is 1. The van der Waals surface area contributed by atoms with E-state index in [0.717, 1.165) is 16.9 Å². The number of nitrogens with zero attached hydrogens (tertiary/aromatic N) is 2. The molecule has 0 saturated carbocycles. The number of nitrogens with one attached hydrogen (secondary N) is 1. The number of methoxy groups -OCH3 is 2. The van der Waals surface area contributed by atoms with Crippen LogP contribution in [-0.2, 0) is 0 Å². The molecule has 32 heavy (non-hydrogen) atoms. The second-order valence-electron chi connectivity index (χ2n) is 7.19. The Morgan fingerprint density at radius 2 is 1.81 bits per heavy atom. The maximum atomic E-state index is 10.7. The molecular formula is C23H21N3O5S. The average molecular weight is 452 g/mol. The van der Waals surface area contributed by atoms with Crippen LogP contribution in [0, 0.1) is 5.41 Å². The molecule has 0 atom stereocenters. The zero-order chi connectivity index (χ0) is 22.2. The number of hydrogen-bond donors (Lipinski definition) is 2. The van der Waals surface area contributed by atoms with Crippen LogP contribution in [0.3, 0.4) is 0 Å². The van der Waals surface area contributed by atoms with Gasteiger partial charge in [-0.1, -0.05) is 0 Å². The Kier molecular flexibility index (Phi) is 5.10. The Labute approximate surface area is 188 Å². The van der Waals surface area contributed by atoms with Crippen LogP contribution in [0.4, 0.5) is 5.69 Å². The minimum Gasteiger partial charge on any atom is -0.510 e. The molecule has 0 saturated heterocycles. The Morgan fingerprint density at radius 1 is 1.03 bits per heavy atom. The van der Waals surface area contributed by atoms with Crippen molar-refractivity contribution in [2.45, 2.75) is 0 Å². The molecule has 3 aromatic rings. The third-order valence-corrected chi connectivity index (χ3v) is 6.20. The highest BCUT2D eigenvalue weighted by molar-refractivity contribution is 7.11. The minimum atomic E-state index is 0.109. The van der Waals surface area contributed by atoms with Gasteiger partial charge in [-0.25, -0.2) is 4.98 Å². The number of thiazole rings is 1. The fraction of sp³-hybridized carbons (Fsp3) is 0.217. The van der Waals surface area contributed by atoms with Crippen molar-refractivity contribution >= 4 is 28.4 Å². The molecule has 9 heteroatoms. The van der Waals surface area contributed by atoms with E-state index < -0.39 is 0 Å². The molecule has 8 nitrogen and oxygen atoms in total. The van der Waals surface area contributed by atoms with Gasteiger partial charge in [-0.15, -0.1) is 11.3 Å². The molecule has 0 spiro atoms. The van der Waals surface area contributed by atoms with Gasteiger partial charge in [-0.05, 0) is 30.3 Å². The van der Waals surface area contributed by atoms with Crippen LogP contribution in [0.25, 0.3) is 16.8 Å². The molecule has 1 aromatic heterocycles. The number of hydrogen-bond acceptors (Lipinski definition) is 8. The fourth-order valence-electron chi connectivity index (χ4n) is 3.74. The molecule has 0 radical (unpaired) electrons. The second-order valence-corrected chi connectivity index (χ2v) is 8.05. The van der Waals surface area contributed by atoms with Gasteiger partial charge in [0.15, 0.2) is 23.0 Å². The van der Waals surface area contributed by atoms with Gasteiger partial charge in [-0.3, -0.25) is 5.41 Å². The van der Waals surface area contributed by atoms with Crippen LogP contribution >= 0.6 is 11.3 Å². The topological polar surface area (TPSA) is 97.1 Å². The lowest BCUT2D eigenvalue weighted by Crippen LogP contribution is -2.26. The number of rotatable bonds is 5. The van der Waals surface area contributed by atoms with Crippen molar-refractivity contribution in [3.8, 4) is 34.3 Å². The third kappa shape index (κ3) is 3.40. The highest BCUT2D eigenvalue weighted by Crippen LogP contribution is 2.39. The highest BCUT2D eigenvalue weighted by Gasteiger charge is 2.32. The van der Waals surface area contributed by atoms with Crippen molar-refractivity contribution in [3.05, 3.63) is 52.5 Å². The van der Waals surface area contributed by atoms with E-state index in [2.05, 4.69) is 4.98 Å². The van der Waals surface area contributed by atoms with Crippen LogP contribution in [-0.4, -0.2) is 49.9 Å². The van der Waals surface area contributed by atoms with Gasteiger partial charge < -0.3 is 29.0 Å². The quantitative estimate of drug-likeness (QED) is 0.595. The van der Waals surface area contributed by atoms with Crippen molar-refractivity contribution in [2.75, 3.05) is 38.9 Å². The summed E-state index contributed by atoms with van der Waals surface area (Å²) < 4.78 is 21.9. The van der Waals surface area contributed by atoms with Crippen LogP contribution in [0.5, 0.6) is 23.0 Å². The summed E-state index contributed by atoms with van der Waals surface area (Å²) in [7, 11) is 3.18. The van der Waals surface area contributed by atoms with Gasteiger partial charge in [0.1, 0.15) is 29.8 Å². The summed E-state index contributed by atoms with van der Waals surface area (Å²) in [6.07, 6.45) is 0. The van der Waals surface area contributed by atoms with E-state index in [1.54, 1.807) is 19.1 Å². The number of aromatic nitrogens is 1. The Bertz CT molecular complexity index is 1240. The number of fused-ring (bicyclic) bond motifs is 1. The van der Waals surface area contributed by atoms with Crippen LogP contribution in [0.2, 0.25) is 0 Å². The van der Waals surface area contributed by atoms with Crippen molar-refractivity contribution < 1.29 is 24.1 Å². The number of aliphatic hydroxyl groups is 1. The van der Waals surface area contributed by atoms with Gasteiger partial charge in [0.2, 0.25) is 0 Å². The zero-order valence-electron chi connectivity index (χ0n) is 17.5. The Balaban J connectivity index is 1.42. The predicted octanol–water partition coefficient (Wildman–Crippen LogP) is 4.37. The standard InChI is InChI=1S/C23H21N3O5S/c1-28-17-5-3-13(9-19(17)29-2)15-12-32-23(25-15)21-16(27)11-26(22(21)24)14-4-6-18-20(10-14)31-8-7-30-18/h3-6,9-10,12,24,27H,7-8,11H2,1-2H3. The number of ether oxygens (including phenoxy) is 4. The second kappa shape index (κ2) is 8.08. The average Bonchev–Trinajstić information content (AvgIpc) is 3.42. The zero-order valence-corrected chi connectivity index (χ0v) is 18.4. The smallest absolute Gasteiger partial charge is 0.163 e. The van der Waals surface area contributed by atoms with E-state index in [-0.39, 0.29) is 18.1 Å². The molecule has 2 aliphatic rings. The molecule has 5 rings (SSSR count). The van der Waals surface area contributed by atoms with Gasteiger partial charge in [0.25, 0.3) is 0 Å². The molecule has 2 aromatic carbocycles. The summed E-state index contributed by atoms with van der Waals surface area (Å²) in [5.41, 5.74) is 2.77. The van der Waals surface area contributed by atoms with E-state index in [4.69, 9.17) is 24.4 Å². The number of benzene rings is 2. The Hall–Kier alpha value is -3.72. The maximum Gasteiger partial charge on any atom is 0.163 e. The third-order valence-electron chi connectivity index (χ3n) is 5.34. The lowest BCUT2D eigenvalue weighted by Gasteiger charge is -2.23.